The highest BCUT2D eigenvalue weighted by Gasteiger charge is 2.26. The lowest BCUT2D eigenvalue weighted by Gasteiger charge is -2.29. The van der Waals surface area contributed by atoms with E-state index in [2.05, 4.69) is 16.4 Å². The molecular formula is C15H21NO4S. The molecule has 0 saturated heterocycles. The van der Waals surface area contributed by atoms with Gasteiger partial charge in [0.15, 0.2) is 0 Å². The van der Waals surface area contributed by atoms with Crippen molar-refractivity contribution < 1.29 is 17.9 Å². The summed E-state index contributed by atoms with van der Waals surface area (Å²) < 4.78 is 32.1. The normalized spacial score (nSPS) is 22.8. The van der Waals surface area contributed by atoms with Gasteiger partial charge < -0.3 is 4.74 Å². The van der Waals surface area contributed by atoms with Gasteiger partial charge in [-0.3, -0.25) is 0 Å². The van der Waals surface area contributed by atoms with E-state index in [0.717, 1.165) is 25.7 Å². The van der Waals surface area contributed by atoms with Crippen LogP contribution in [0.1, 0.15) is 43.0 Å². The molecule has 0 heterocycles. The van der Waals surface area contributed by atoms with Crippen LogP contribution in [0.25, 0.3) is 0 Å². The molecule has 116 valence electrons. The second-order valence-electron chi connectivity index (χ2n) is 5.51. The van der Waals surface area contributed by atoms with Crippen LogP contribution in [0.3, 0.4) is 0 Å². The molecule has 5 nitrogen and oxygen atoms in total. The highest BCUT2D eigenvalue weighted by molar-refractivity contribution is 7.89. The largest absolute Gasteiger partial charge is 0.465 e. The predicted octanol–water partition coefficient (Wildman–Crippen LogP) is 2.33. The highest BCUT2D eigenvalue weighted by Crippen LogP contribution is 2.25. The monoisotopic (exact) mass is 311 g/mol. The van der Waals surface area contributed by atoms with Crippen molar-refractivity contribution in [2.24, 2.45) is 5.92 Å². The molecule has 21 heavy (non-hydrogen) atoms. The third kappa shape index (κ3) is 3.83. The molecule has 0 aliphatic heterocycles. The van der Waals surface area contributed by atoms with Gasteiger partial charge in [0, 0.05) is 6.04 Å². The molecule has 1 aromatic carbocycles. The van der Waals surface area contributed by atoms with Gasteiger partial charge in [-0.2, -0.15) is 0 Å². The Hall–Kier alpha value is -1.40. The van der Waals surface area contributed by atoms with Gasteiger partial charge in [0.1, 0.15) is 0 Å². The first-order valence-corrected chi connectivity index (χ1v) is 8.63. The third-order valence-electron chi connectivity index (χ3n) is 4.00. The summed E-state index contributed by atoms with van der Waals surface area (Å²) in [5.74, 6) is -0.129. The topological polar surface area (TPSA) is 72.5 Å². The van der Waals surface area contributed by atoms with Crippen LogP contribution in [0, 0.1) is 5.92 Å². The smallest absolute Gasteiger partial charge is 0.337 e. The maximum absolute atomic E-state index is 12.4. The van der Waals surface area contributed by atoms with Gasteiger partial charge in [-0.1, -0.05) is 19.8 Å². The van der Waals surface area contributed by atoms with Crippen LogP contribution in [0.2, 0.25) is 0 Å². The molecule has 1 saturated carbocycles. The predicted molar refractivity (Wildman–Crippen MR) is 79.5 cm³/mol. The molecule has 1 aromatic rings. The summed E-state index contributed by atoms with van der Waals surface area (Å²) in [5, 5.41) is 0. The van der Waals surface area contributed by atoms with Crippen molar-refractivity contribution >= 4 is 16.0 Å². The summed E-state index contributed by atoms with van der Waals surface area (Å²) in [6.45, 7) is 2.08. The van der Waals surface area contributed by atoms with Crippen molar-refractivity contribution in [3.8, 4) is 0 Å². The molecule has 1 aliphatic carbocycles. The Morgan fingerprint density at radius 2 is 1.81 bits per heavy atom. The molecule has 1 N–H and O–H groups in total. The number of sulfonamides is 1. The van der Waals surface area contributed by atoms with Crippen LogP contribution < -0.4 is 4.72 Å². The molecule has 0 bridgehead atoms. The SMILES string of the molecule is COC(=O)c1ccc(S(=O)(=O)NC2CCCCC2C)cc1. The van der Waals surface area contributed by atoms with Crippen LogP contribution in [-0.4, -0.2) is 27.5 Å². The van der Waals surface area contributed by atoms with E-state index < -0.39 is 16.0 Å². The molecule has 0 radical (unpaired) electrons. The number of carbonyl (C=O) groups excluding carboxylic acids is 1. The summed E-state index contributed by atoms with van der Waals surface area (Å²) >= 11 is 0. The van der Waals surface area contributed by atoms with Gasteiger partial charge in [0.05, 0.1) is 17.6 Å². The molecular weight excluding hydrogens is 290 g/mol. The first kappa shape index (κ1) is 16.0. The third-order valence-corrected chi connectivity index (χ3v) is 5.51. The maximum atomic E-state index is 12.4. The summed E-state index contributed by atoms with van der Waals surface area (Å²) in [7, 11) is -2.25. The number of esters is 1. The Kier molecular flexibility index (Phi) is 5.00. The van der Waals surface area contributed by atoms with Gasteiger partial charge >= 0.3 is 5.97 Å². The van der Waals surface area contributed by atoms with Crippen LogP contribution in [0.4, 0.5) is 0 Å². The summed E-state index contributed by atoms with van der Waals surface area (Å²) in [5.41, 5.74) is 0.336. The van der Waals surface area contributed by atoms with Gasteiger partial charge in [0.2, 0.25) is 10.0 Å². The zero-order valence-corrected chi connectivity index (χ0v) is 13.2. The van der Waals surface area contributed by atoms with E-state index in [9.17, 15) is 13.2 Å². The first-order valence-electron chi connectivity index (χ1n) is 7.15. The molecule has 1 fully saturated rings. The zero-order chi connectivity index (χ0) is 15.5. The number of benzene rings is 1. The summed E-state index contributed by atoms with van der Waals surface area (Å²) in [4.78, 5) is 11.5. The molecule has 0 spiro atoms. The average molecular weight is 311 g/mol. The van der Waals surface area contributed by atoms with Gasteiger partial charge in [-0.05, 0) is 43.0 Å². The van der Waals surface area contributed by atoms with Crippen LogP contribution >= 0.6 is 0 Å². The van der Waals surface area contributed by atoms with E-state index in [4.69, 9.17) is 0 Å². The second kappa shape index (κ2) is 6.58. The highest BCUT2D eigenvalue weighted by atomic mass is 32.2. The lowest BCUT2D eigenvalue weighted by atomic mass is 9.87. The quantitative estimate of drug-likeness (QED) is 0.866. The van der Waals surface area contributed by atoms with E-state index in [-0.39, 0.29) is 10.9 Å². The summed E-state index contributed by atoms with van der Waals surface area (Å²) in [6.07, 6.45) is 4.14. The standard InChI is InChI=1S/C15H21NO4S/c1-11-5-3-4-6-14(11)16-21(18,19)13-9-7-12(8-10-13)15(17)20-2/h7-11,14,16H,3-6H2,1-2H3. The molecule has 1 aliphatic rings. The first-order chi connectivity index (χ1) is 9.94. The molecule has 0 amide bonds. The molecule has 2 unspecified atom stereocenters. The number of rotatable bonds is 4. The van der Waals surface area contributed by atoms with Crippen molar-refractivity contribution in [3.63, 3.8) is 0 Å². The molecule has 6 heteroatoms. The van der Waals surface area contributed by atoms with E-state index in [1.165, 1.54) is 31.4 Å². The lowest BCUT2D eigenvalue weighted by molar-refractivity contribution is 0.0600. The second-order valence-corrected chi connectivity index (χ2v) is 7.22. The van der Waals surface area contributed by atoms with Gasteiger partial charge in [-0.25, -0.2) is 17.9 Å². The number of ether oxygens (including phenoxy) is 1. The van der Waals surface area contributed by atoms with Crippen LogP contribution in [0.5, 0.6) is 0 Å². The number of carbonyl (C=O) groups is 1. The van der Waals surface area contributed by atoms with Crippen molar-refractivity contribution in [2.45, 2.75) is 43.5 Å². The number of hydrogen-bond donors (Lipinski definition) is 1. The van der Waals surface area contributed by atoms with Crippen molar-refractivity contribution in [2.75, 3.05) is 7.11 Å². The number of methoxy groups -OCH3 is 1. The molecule has 2 atom stereocenters. The minimum atomic E-state index is -3.54. The van der Waals surface area contributed by atoms with E-state index in [0.29, 0.717) is 11.5 Å². The van der Waals surface area contributed by atoms with Gasteiger partial charge in [-0.15, -0.1) is 0 Å². The Morgan fingerprint density at radius 3 is 2.38 bits per heavy atom. The Morgan fingerprint density at radius 1 is 1.19 bits per heavy atom. The Balaban J connectivity index is 2.13. The number of hydrogen-bond acceptors (Lipinski definition) is 4. The fourth-order valence-electron chi connectivity index (χ4n) is 2.65. The van der Waals surface area contributed by atoms with E-state index in [1.807, 2.05) is 0 Å². The van der Waals surface area contributed by atoms with Gasteiger partial charge in [0.25, 0.3) is 0 Å². The van der Waals surface area contributed by atoms with Crippen molar-refractivity contribution in [1.29, 1.82) is 0 Å². The fraction of sp³-hybridized carbons (Fsp3) is 0.533. The molecule has 2 rings (SSSR count). The Bertz CT molecular complexity index is 595. The molecule has 0 aromatic heterocycles. The van der Waals surface area contributed by atoms with E-state index in [1.54, 1.807) is 0 Å². The van der Waals surface area contributed by atoms with Crippen LogP contribution in [0.15, 0.2) is 29.2 Å². The maximum Gasteiger partial charge on any atom is 0.337 e. The zero-order valence-electron chi connectivity index (χ0n) is 12.3. The minimum Gasteiger partial charge on any atom is -0.465 e. The minimum absolute atomic E-state index is 0.0102. The fourth-order valence-corrected chi connectivity index (χ4v) is 4.03. The van der Waals surface area contributed by atoms with Crippen LogP contribution in [-0.2, 0) is 14.8 Å². The van der Waals surface area contributed by atoms with Crippen molar-refractivity contribution in [3.05, 3.63) is 29.8 Å². The van der Waals surface area contributed by atoms with Crippen molar-refractivity contribution in [1.82, 2.24) is 4.72 Å². The Labute approximate surface area is 125 Å². The van der Waals surface area contributed by atoms with E-state index >= 15 is 0 Å². The average Bonchev–Trinajstić information content (AvgIpc) is 2.49. The summed E-state index contributed by atoms with van der Waals surface area (Å²) in [6, 6.07) is 5.78. The lowest BCUT2D eigenvalue weighted by Crippen LogP contribution is -2.40. The number of nitrogens with one attached hydrogen (secondary N) is 1.